The molecule has 5 aromatic rings. The van der Waals surface area contributed by atoms with Crippen molar-refractivity contribution in [1.82, 2.24) is 14.4 Å². The van der Waals surface area contributed by atoms with Crippen LogP contribution in [0, 0.1) is 0 Å². The summed E-state index contributed by atoms with van der Waals surface area (Å²) >= 11 is 0. The second-order valence-corrected chi connectivity index (χ2v) is 5.81. The summed E-state index contributed by atoms with van der Waals surface area (Å²) < 4.78 is 1.88. The lowest BCUT2D eigenvalue weighted by Gasteiger charge is -1.98. The molecule has 0 spiro atoms. The Morgan fingerprint density at radius 2 is 1.71 bits per heavy atom. The normalized spacial score (nSPS) is 12.6. The minimum absolute atomic E-state index is 0.172. The molecule has 3 aromatic carbocycles. The summed E-state index contributed by atoms with van der Waals surface area (Å²) in [6.07, 6.45) is 5.66. The van der Waals surface area contributed by atoms with Gasteiger partial charge in [-0.25, -0.2) is 4.98 Å². The van der Waals surface area contributed by atoms with Gasteiger partial charge in [0.05, 0.1) is 11.0 Å². The number of hydrogen-bond acceptors (Lipinski definition) is 2. The highest BCUT2D eigenvalue weighted by Crippen LogP contribution is 2.22. The highest BCUT2D eigenvalue weighted by Gasteiger charge is 2.13. The highest BCUT2D eigenvalue weighted by atomic mass is 16.1. The predicted molar refractivity (Wildman–Crippen MR) is 96.1 cm³/mol. The van der Waals surface area contributed by atoms with E-state index in [1.807, 2.05) is 47.0 Å². The van der Waals surface area contributed by atoms with Crippen molar-refractivity contribution >= 4 is 33.5 Å². The zero-order valence-electron chi connectivity index (χ0n) is 12.7. The predicted octanol–water partition coefficient (Wildman–Crippen LogP) is 2.88. The first-order chi connectivity index (χ1) is 11.8. The van der Waals surface area contributed by atoms with Crippen LogP contribution in [0.2, 0.25) is 0 Å². The molecule has 0 radical (unpaired) electrons. The van der Waals surface area contributed by atoms with Crippen LogP contribution in [0.1, 0.15) is 5.56 Å². The molecule has 0 saturated heterocycles. The van der Waals surface area contributed by atoms with Crippen LogP contribution in [0.25, 0.3) is 33.5 Å². The summed E-state index contributed by atoms with van der Waals surface area (Å²) in [7, 11) is 0. The zero-order valence-corrected chi connectivity index (χ0v) is 12.7. The molecule has 24 heavy (non-hydrogen) atoms. The van der Waals surface area contributed by atoms with Crippen molar-refractivity contribution in [2.24, 2.45) is 0 Å². The second-order valence-electron chi connectivity index (χ2n) is 5.81. The van der Waals surface area contributed by atoms with Gasteiger partial charge in [-0.3, -0.25) is 9.20 Å². The number of imidazole rings is 1. The Balaban J connectivity index is 2.10. The van der Waals surface area contributed by atoms with Gasteiger partial charge >= 0.3 is 0 Å². The molecule has 0 unspecified atom stereocenters. The average Bonchev–Trinajstić information content (AvgIpc) is 3.21. The van der Waals surface area contributed by atoms with E-state index in [4.69, 9.17) is 0 Å². The average molecular weight is 311 g/mol. The first-order valence-electron chi connectivity index (χ1n) is 7.79. The third-order valence-electron chi connectivity index (χ3n) is 4.41. The van der Waals surface area contributed by atoms with Crippen molar-refractivity contribution in [2.45, 2.75) is 0 Å². The van der Waals surface area contributed by atoms with Crippen molar-refractivity contribution in [3.8, 4) is 0 Å². The standard InChI is InChI=1S/C20H13N3O/c24-20-19-21-10-11-23(19)18-16(12-13-6-2-1-3-7-13)14-8-4-5-9-15(14)17(18)22-20/h1-12H,(H,22,24)/b16-12+. The van der Waals surface area contributed by atoms with Gasteiger partial charge < -0.3 is 4.98 Å². The Bertz CT molecular complexity index is 1310. The molecule has 0 aliphatic heterocycles. The number of H-pyrrole nitrogens is 1. The molecule has 0 fully saturated rings. The van der Waals surface area contributed by atoms with Crippen molar-refractivity contribution in [1.29, 1.82) is 0 Å². The van der Waals surface area contributed by atoms with Crippen molar-refractivity contribution in [2.75, 3.05) is 0 Å². The topological polar surface area (TPSA) is 50.2 Å². The van der Waals surface area contributed by atoms with Crippen LogP contribution in [0.4, 0.5) is 0 Å². The Hall–Kier alpha value is -3.40. The summed E-state index contributed by atoms with van der Waals surface area (Å²) in [5.41, 5.74) is 3.19. The van der Waals surface area contributed by atoms with Gasteiger partial charge in [-0.15, -0.1) is 0 Å². The number of aromatic nitrogens is 3. The smallest absolute Gasteiger partial charge is 0.292 e. The number of nitrogens with zero attached hydrogens (tertiary/aromatic N) is 2. The van der Waals surface area contributed by atoms with Crippen LogP contribution < -0.4 is 10.8 Å². The first-order valence-corrected chi connectivity index (χ1v) is 7.79. The Kier molecular flexibility index (Phi) is 2.61. The second kappa shape index (κ2) is 4.80. The van der Waals surface area contributed by atoms with Gasteiger partial charge in [-0.1, -0.05) is 54.6 Å². The van der Waals surface area contributed by atoms with Crippen molar-refractivity contribution in [3.63, 3.8) is 0 Å². The molecule has 0 aliphatic carbocycles. The SMILES string of the molecule is O=c1[nH]c2c3ccccc3/c(=C\c3ccccc3)c2n2ccnc12. The van der Waals surface area contributed by atoms with E-state index in [0.717, 1.165) is 32.6 Å². The van der Waals surface area contributed by atoms with E-state index in [1.165, 1.54) is 0 Å². The fraction of sp³-hybridized carbons (Fsp3) is 0. The quantitative estimate of drug-likeness (QED) is 0.517. The largest absolute Gasteiger partial charge is 0.317 e. The molecule has 0 atom stereocenters. The third-order valence-corrected chi connectivity index (χ3v) is 4.41. The minimum atomic E-state index is -0.172. The lowest BCUT2D eigenvalue weighted by Crippen LogP contribution is -2.13. The molecule has 5 rings (SSSR count). The number of hydrogen-bond donors (Lipinski definition) is 1. The van der Waals surface area contributed by atoms with Crippen LogP contribution in [0.5, 0.6) is 0 Å². The lowest BCUT2D eigenvalue weighted by molar-refractivity contribution is 1.17. The zero-order chi connectivity index (χ0) is 16.1. The summed E-state index contributed by atoms with van der Waals surface area (Å²) in [6, 6.07) is 18.3. The van der Waals surface area contributed by atoms with E-state index >= 15 is 0 Å². The van der Waals surface area contributed by atoms with Crippen LogP contribution in [-0.2, 0) is 0 Å². The number of aromatic amines is 1. The van der Waals surface area contributed by atoms with Gasteiger partial charge in [0.1, 0.15) is 0 Å². The van der Waals surface area contributed by atoms with Gasteiger partial charge in [0, 0.05) is 23.0 Å². The van der Waals surface area contributed by atoms with Gasteiger partial charge in [0.2, 0.25) is 5.65 Å². The van der Waals surface area contributed by atoms with Crippen molar-refractivity contribution < 1.29 is 0 Å². The fourth-order valence-electron chi connectivity index (χ4n) is 3.39. The van der Waals surface area contributed by atoms with E-state index in [1.54, 1.807) is 6.20 Å². The molecular weight excluding hydrogens is 298 g/mol. The summed E-state index contributed by atoms with van der Waals surface area (Å²) in [6.45, 7) is 0. The number of rotatable bonds is 1. The number of fused-ring (bicyclic) bond motifs is 5. The molecular formula is C20H13N3O. The molecule has 0 bridgehead atoms. The van der Waals surface area contributed by atoms with Gasteiger partial charge in [-0.2, -0.15) is 0 Å². The monoisotopic (exact) mass is 311 g/mol. The first kappa shape index (κ1) is 13.1. The fourth-order valence-corrected chi connectivity index (χ4v) is 3.39. The van der Waals surface area contributed by atoms with E-state index < -0.39 is 0 Å². The Morgan fingerprint density at radius 1 is 0.958 bits per heavy atom. The maximum Gasteiger partial charge on any atom is 0.292 e. The van der Waals surface area contributed by atoms with E-state index in [9.17, 15) is 4.79 Å². The lowest BCUT2D eigenvalue weighted by atomic mass is 10.1. The maximum absolute atomic E-state index is 12.3. The number of benzene rings is 2. The van der Waals surface area contributed by atoms with Crippen LogP contribution in [-0.4, -0.2) is 14.4 Å². The van der Waals surface area contributed by atoms with Crippen LogP contribution in [0.15, 0.2) is 71.8 Å². The summed E-state index contributed by atoms with van der Waals surface area (Å²) in [4.78, 5) is 19.5. The maximum atomic E-state index is 12.3. The summed E-state index contributed by atoms with van der Waals surface area (Å²) in [5, 5.41) is 3.25. The molecule has 0 aliphatic rings. The summed E-state index contributed by atoms with van der Waals surface area (Å²) in [5.74, 6) is 0. The number of nitrogens with one attached hydrogen (secondary N) is 1. The van der Waals surface area contributed by atoms with Crippen LogP contribution in [0.3, 0.4) is 0 Å². The van der Waals surface area contributed by atoms with Crippen molar-refractivity contribution in [3.05, 3.63) is 88.1 Å². The van der Waals surface area contributed by atoms with Gasteiger partial charge in [-0.05, 0) is 17.0 Å². The van der Waals surface area contributed by atoms with Gasteiger partial charge in [0.25, 0.3) is 5.56 Å². The van der Waals surface area contributed by atoms with Gasteiger partial charge in [0.15, 0.2) is 0 Å². The van der Waals surface area contributed by atoms with E-state index in [2.05, 4.69) is 34.2 Å². The minimum Gasteiger partial charge on any atom is -0.317 e. The third kappa shape index (κ3) is 1.74. The molecule has 0 amide bonds. The molecule has 2 aromatic heterocycles. The molecule has 114 valence electrons. The Labute approximate surface area is 136 Å². The van der Waals surface area contributed by atoms with Crippen LogP contribution >= 0.6 is 0 Å². The molecule has 4 heteroatoms. The van der Waals surface area contributed by atoms with E-state index in [-0.39, 0.29) is 5.56 Å². The highest BCUT2D eigenvalue weighted by molar-refractivity contribution is 6.10. The molecule has 1 N–H and O–H groups in total. The Morgan fingerprint density at radius 3 is 2.54 bits per heavy atom. The molecule has 4 nitrogen and oxygen atoms in total. The molecule has 0 saturated carbocycles. The van der Waals surface area contributed by atoms with E-state index in [0.29, 0.717) is 5.65 Å². The molecule has 2 heterocycles.